The van der Waals surface area contributed by atoms with Crippen LogP contribution in [0.4, 0.5) is 5.82 Å². The van der Waals surface area contributed by atoms with Gasteiger partial charge in [-0.1, -0.05) is 0 Å². The van der Waals surface area contributed by atoms with E-state index in [1.807, 2.05) is 11.0 Å². The number of hydrogen-bond donors (Lipinski definition) is 0. The molecule has 100 valence electrons. The summed E-state index contributed by atoms with van der Waals surface area (Å²) in [7, 11) is 1.50. The van der Waals surface area contributed by atoms with Crippen LogP contribution in [0.3, 0.4) is 0 Å². The zero-order valence-electron chi connectivity index (χ0n) is 10.8. The van der Waals surface area contributed by atoms with E-state index in [-0.39, 0.29) is 12.2 Å². The van der Waals surface area contributed by atoms with E-state index >= 15 is 0 Å². The van der Waals surface area contributed by atoms with E-state index in [9.17, 15) is 4.79 Å². The SMILES string of the molecule is COc1cc(C(=O)CC#N)cc(N2CCOCC2)n1. The number of nitrogens with zero attached hydrogens (tertiary/aromatic N) is 3. The van der Waals surface area contributed by atoms with Crippen LogP contribution in [0.15, 0.2) is 12.1 Å². The minimum atomic E-state index is -0.224. The van der Waals surface area contributed by atoms with Gasteiger partial charge in [-0.3, -0.25) is 4.79 Å². The highest BCUT2D eigenvalue weighted by atomic mass is 16.5. The Morgan fingerprint density at radius 2 is 2.26 bits per heavy atom. The van der Waals surface area contributed by atoms with E-state index in [0.29, 0.717) is 30.5 Å². The molecule has 6 nitrogen and oxygen atoms in total. The van der Waals surface area contributed by atoms with Crippen LogP contribution in [0.25, 0.3) is 0 Å². The molecule has 0 bridgehead atoms. The molecular weight excluding hydrogens is 246 g/mol. The maximum Gasteiger partial charge on any atom is 0.215 e. The lowest BCUT2D eigenvalue weighted by molar-refractivity contribution is 0.0997. The molecular formula is C13H15N3O3. The number of methoxy groups -OCH3 is 1. The molecule has 0 spiro atoms. The Kier molecular flexibility index (Phi) is 4.31. The quantitative estimate of drug-likeness (QED) is 0.753. The topological polar surface area (TPSA) is 75.5 Å². The molecule has 0 radical (unpaired) electrons. The summed E-state index contributed by atoms with van der Waals surface area (Å²) >= 11 is 0. The van der Waals surface area contributed by atoms with Gasteiger partial charge in [0.1, 0.15) is 5.82 Å². The normalized spacial score (nSPS) is 14.8. The molecule has 0 aromatic carbocycles. The molecule has 19 heavy (non-hydrogen) atoms. The van der Waals surface area contributed by atoms with Crippen molar-refractivity contribution in [2.75, 3.05) is 38.3 Å². The number of morpholine rings is 1. The lowest BCUT2D eigenvalue weighted by Crippen LogP contribution is -2.36. The van der Waals surface area contributed by atoms with E-state index in [2.05, 4.69) is 4.98 Å². The van der Waals surface area contributed by atoms with Gasteiger partial charge in [0.25, 0.3) is 0 Å². The van der Waals surface area contributed by atoms with Gasteiger partial charge in [-0.05, 0) is 6.07 Å². The number of hydrogen-bond acceptors (Lipinski definition) is 6. The number of carbonyl (C=O) groups excluding carboxylic acids is 1. The standard InChI is InChI=1S/C13H15N3O3/c1-18-13-9-10(11(17)2-3-14)8-12(15-13)16-4-6-19-7-5-16/h8-9H,2,4-7H2,1H3. The predicted octanol–water partition coefficient (Wildman–Crippen LogP) is 1.02. The first-order chi connectivity index (χ1) is 9.24. The number of aromatic nitrogens is 1. The van der Waals surface area contributed by atoms with Crippen molar-refractivity contribution in [3.05, 3.63) is 17.7 Å². The second-order valence-electron chi connectivity index (χ2n) is 4.11. The highest BCUT2D eigenvalue weighted by Crippen LogP contribution is 2.21. The van der Waals surface area contributed by atoms with Crippen molar-refractivity contribution in [2.24, 2.45) is 0 Å². The molecule has 0 aliphatic carbocycles. The lowest BCUT2D eigenvalue weighted by Gasteiger charge is -2.28. The molecule has 1 saturated heterocycles. The van der Waals surface area contributed by atoms with Crippen LogP contribution in [0.1, 0.15) is 16.8 Å². The van der Waals surface area contributed by atoms with Crippen molar-refractivity contribution in [3.8, 4) is 11.9 Å². The number of nitriles is 1. The molecule has 1 aromatic heterocycles. The van der Waals surface area contributed by atoms with Crippen LogP contribution in [0.5, 0.6) is 5.88 Å². The summed E-state index contributed by atoms with van der Waals surface area (Å²) in [4.78, 5) is 18.2. The Bertz CT molecular complexity index is 504. The molecule has 2 heterocycles. The molecule has 0 atom stereocenters. The summed E-state index contributed by atoms with van der Waals surface area (Å²) in [6.45, 7) is 2.73. The Morgan fingerprint density at radius 3 is 2.89 bits per heavy atom. The molecule has 0 unspecified atom stereocenters. The van der Waals surface area contributed by atoms with Gasteiger partial charge in [-0.15, -0.1) is 0 Å². The minimum Gasteiger partial charge on any atom is -0.481 e. The first-order valence-corrected chi connectivity index (χ1v) is 6.03. The van der Waals surface area contributed by atoms with Crippen molar-refractivity contribution in [1.82, 2.24) is 4.98 Å². The van der Waals surface area contributed by atoms with Gasteiger partial charge in [0.05, 0.1) is 32.8 Å². The largest absolute Gasteiger partial charge is 0.481 e. The second kappa shape index (κ2) is 6.16. The highest BCUT2D eigenvalue weighted by Gasteiger charge is 2.16. The summed E-state index contributed by atoms with van der Waals surface area (Å²) in [6, 6.07) is 5.12. The van der Waals surface area contributed by atoms with Crippen LogP contribution in [-0.4, -0.2) is 44.2 Å². The molecule has 2 rings (SSSR count). The molecule has 0 saturated carbocycles. The zero-order chi connectivity index (χ0) is 13.7. The van der Waals surface area contributed by atoms with Crippen LogP contribution >= 0.6 is 0 Å². The summed E-state index contributed by atoms with van der Waals surface area (Å²) in [5, 5.41) is 8.60. The maximum absolute atomic E-state index is 11.8. The third-order valence-electron chi connectivity index (χ3n) is 2.89. The molecule has 1 aliphatic rings. The van der Waals surface area contributed by atoms with Gasteiger partial charge >= 0.3 is 0 Å². The minimum absolute atomic E-state index is 0.143. The van der Waals surface area contributed by atoms with Crippen molar-refractivity contribution in [1.29, 1.82) is 5.26 Å². The predicted molar refractivity (Wildman–Crippen MR) is 68.4 cm³/mol. The Morgan fingerprint density at radius 1 is 1.53 bits per heavy atom. The summed E-state index contributed by atoms with van der Waals surface area (Å²) in [5.74, 6) is 0.840. The van der Waals surface area contributed by atoms with Crippen LogP contribution < -0.4 is 9.64 Å². The Hall–Kier alpha value is -2.13. The summed E-state index contributed by atoms with van der Waals surface area (Å²) in [5.41, 5.74) is 0.454. The summed E-state index contributed by atoms with van der Waals surface area (Å²) < 4.78 is 10.4. The van der Waals surface area contributed by atoms with Gasteiger partial charge in [-0.2, -0.15) is 10.2 Å². The highest BCUT2D eigenvalue weighted by molar-refractivity contribution is 5.98. The van der Waals surface area contributed by atoms with Crippen molar-refractivity contribution >= 4 is 11.6 Å². The van der Waals surface area contributed by atoms with Gasteiger partial charge in [0.2, 0.25) is 5.88 Å². The van der Waals surface area contributed by atoms with Crippen LogP contribution in [0.2, 0.25) is 0 Å². The molecule has 1 aliphatic heterocycles. The van der Waals surface area contributed by atoms with E-state index < -0.39 is 0 Å². The van der Waals surface area contributed by atoms with E-state index in [4.69, 9.17) is 14.7 Å². The first kappa shape index (κ1) is 13.3. The zero-order valence-corrected chi connectivity index (χ0v) is 10.8. The van der Waals surface area contributed by atoms with E-state index in [1.54, 1.807) is 12.1 Å². The molecule has 1 aromatic rings. The number of rotatable bonds is 4. The molecule has 1 fully saturated rings. The van der Waals surface area contributed by atoms with Crippen molar-refractivity contribution < 1.29 is 14.3 Å². The summed E-state index contributed by atoms with van der Waals surface area (Å²) in [6.07, 6.45) is -0.143. The van der Waals surface area contributed by atoms with Gasteiger partial charge < -0.3 is 14.4 Å². The Labute approximate surface area is 111 Å². The van der Waals surface area contributed by atoms with Gasteiger partial charge in [0, 0.05) is 24.7 Å². The average Bonchev–Trinajstić information content (AvgIpc) is 2.48. The smallest absolute Gasteiger partial charge is 0.215 e. The number of anilines is 1. The third-order valence-corrected chi connectivity index (χ3v) is 2.89. The number of ketones is 1. The maximum atomic E-state index is 11.8. The monoisotopic (exact) mass is 261 g/mol. The number of pyridine rings is 1. The fraction of sp³-hybridized carbons (Fsp3) is 0.462. The lowest BCUT2D eigenvalue weighted by atomic mass is 10.1. The second-order valence-corrected chi connectivity index (χ2v) is 4.11. The fourth-order valence-electron chi connectivity index (χ4n) is 1.89. The first-order valence-electron chi connectivity index (χ1n) is 6.03. The number of carbonyl (C=O) groups is 1. The van der Waals surface area contributed by atoms with E-state index in [0.717, 1.165) is 13.1 Å². The number of ether oxygens (including phenoxy) is 2. The van der Waals surface area contributed by atoms with Crippen molar-refractivity contribution in [2.45, 2.75) is 6.42 Å². The number of Topliss-reactive ketones (excluding diaryl/α,β-unsaturated/α-hetero) is 1. The van der Waals surface area contributed by atoms with Crippen LogP contribution in [0, 0.1) is 11.3 Å². The van der Waals surface area contributed by atoms with Crippen LogP contribution in [-0.2, 0) is 4.74 Å². The van der Waals surface area contributed by atoms with E-state index in [1.165, 1.54) is 7.11 Å². The molecule has 6 heteroatoms. The average molecular weight is 261 g/mol. The van der Waals surface area contributed by atoms with Gasteiger partial charge in [0.15, 0.2) is 5.78 Å². The third kappa shape index (κ3) is 3.20. The fourth-order valence-corrected chi connectivity index (χ4v) is 1.89. The molecule has 0 amide bonds. The van der Waals surface area contributed by atoms with Gasteiger partial charge in [-0.25, -0.2) is 0 Å². The molecule has 0 N–H and O–H groups in total. The Balaban J connectivity index is 2.30. The van der Waals surface area contributed by atoms with Crippen molar-refractivity contribution in [3.63, 3.8) is 0 Å².